The van der Waals surface area contributed by atoms with E-state index < -0.39 is 0 Å². The third kappa shape index (κ3) is 3.58. The summed E-state index contributed by atoms with van der Waals surface area (Å²) >= 11 is 0. The summed E-state index contributed by atoms with van der Waals surface area (Å²) in [6.07, 6.45) is 1.84. The molecule has 20 heavy (non-hydrogen) atoms. The standard InChI is InChI=1S/C16H25N3O/c1-4-14(18-9-10-19(2)3)16(20)13-5-6-15-12(11-13)7-8-17-15/h5-6,11,14,17-18H,4,7-10H2,1-3H3. The van der Waals surface area contributed by atoms with E-state index in [1.807, 2.05) is 32.3 Å². The molecule has 0 spiro atoms. The average molecular weight is 275 g/mol. The van der Waals surface area contributed by atoms with Crippen molar-refractivity contribution in [1.29, 1.82) is 0 Å². The second-order valence-corrected chi connectivity index (χ2v) is 5.63. The number of anilines is 1. The Morgan fingerprint density at radius 2 is 2.25 bits per heavy atom. The molecule has 0 radical (unpaired) electrons. The van der Waals surface area contributed by atoms with E-state index in [1.54, 1.807) is 0 Å². The number of nitrogens with zero attached hydrogens (tertiary/aromatic N) is 1. The Bertz CT molecular complexity index is 471. The van der Waals surface area contributed by atoms with Crippen LogP contribution in [0, 0.1) is 0 Å². The van der Waals surface area contributed by atoms with Crippen LogP contribution in [0.25, 0.3) is 0 Å². The number of hydrogen-bond acceptors (Lipinski definition) is 4. The molecule has 0 aromatic heterocycles. The molecule has 0 bridgehead atoms. The molecule has 2 rings (SSSR count). The molecule has 0 fully saturated rings. The Labute approximate surface area is 121 Å². The van der Waals surface area contributed by atoms with Crippen LogP contribution in [0.1, 0.15) is 29.3 Å². The molecule has 0 amide bonds. The molecular formula is C16H25N3O. The summed E-state index contributed by atoms with van der Waals surface area (Å²) in [4.78, 5) is 14.7. The van der Waals surface area contributed by atoms with Crippen LogP contribution in [0.4, 0.5) is 5.69 Å². The number of carbonyl (C=O) groups excluding carboxylic acids is 1. The van der Waals surface area contributed by atoms with Crippen molar-refractivity contribution in [2.24, 2.45) is 0 Å². The van der Waals surface area contributed by atoms with Crippen molar-refractivity contribution in [2.45, 2.75) is 25.8 Å². The predicted molar refractivity (Wildman–Crippen MR) is 83.6 cm³/mol. The first-order valence-corrected chi connectivity index (χ1v) is 7.41. The van der Waals surface area contributed by atoms with Crippen LogP contribution < -0.4 is 10.6 Å². The van der Waals surface area contributed by atoms with Crippen molar-refractivity contribution in [2.75, 3.05) is 39.0 Å². The summed E-state index contributed by atoms with van der Waals surface area (Å²) in [6, 6.07) is 5.94. The molecule has 1 unspecified atom stereocenters. The Balaban J connectivity index is 2.00. The smallest absolute Gasteiger partial charge is 0.179 e. The maximum atomic E-state index is 12.6. The number of hydrogen-bond donors (Lipinski definition) is 2. The van der Waals surface area contributed by atoms with Gasteiger partial charge in [-0.15, -0.1) is 0 Å². The minimum atomic E-state index is -0.0811. The highest BCUT2D eigenvalue weighted by molar-refractivity contribution is 6.00. The lowest BCUT2D eigenvalue weighted by Gasteiger charge is -2.18. The average Bonchev–Trinajstić information content (AvgIpc) is 2.90. The minimum Gasteiger partial charge on any atom is -0.384 e. The number of likely N-dealkylation sites (N-methyl/N-ethyl adjacent to an activating group) is 1. The Hall–Kier alpha value is -1.39. The summed E-state index contributed by atoms with van der Waals surface area (Å²) < 4.78 is 0. The minimum absolute atomic E-state index is 0.0811. The fourth-order valence-corrected chi connectivity index (χ4v) is 2.54. The molecular weight excluding hydrogens is 250 g/mol. The van der Waals surface area contributed by atoms with Gasteiger partial charge in [-0.2, -0.15) is 0 Å². The summed E-state index contributed by atoms with van der Waals surface area (Å²) in [6.45, 7) is 4.81. The van der Waals surface area contributed by atoms with Crippen molar-refractivity contribution >= 4 is 11.5 Å². The molecule has 2 N–H and O–H groups in total. The first-order chi connectivity index (χ1) is 9.61. The van der Waals surface area contributed by atoms with Crippen LogP contribution in [-0.2, 0) is 6.42 Å². The van der Waals surface area contributed by atoms with Gasteiger partial charge in [0.2, 0.25) is 0 Å². The van der Waals surface area contributed by atoms with E-state index in [0.717, 1.165) is 38.0 Å². The van der Waals surface area contributed by atoms with Gasteiger partial charge in [-0.3, -0.25) is 4.79 Å². The van der Waals surface area contributed by atoms with E-state index in [2.05, 4.69) is 22.5 Å². The number of Topliss-reactive ketones (excluding diaryl/α,β-unsaturated/α-hetero) is 1. The summed E-state index contributed by atoms with van der Waals surface area (Å²) in [7, 11) is 4.08. The molecule has 1 aromatic carbocycles. The Morgan fingerprint density at radius 3 is 2.95 bits per heavy atom. The second-order valence-electron chi connectivity index (χ2n) is 5.63. The van der Waals surface area contributed by atoms with Gasteiger partial charge >= 0.3 is 0 Å². The SMILES string of the molecule is CCC(NCCN(C)C)C(=O)c1ccc2c(c1)CCN2. The van der Waals surface area contributed by atoms with Gasteiger partial charge in [0.15, 0.2) is 5.78 Å². The number of carbonyl (C=O) groups is 1. The highest BCUT2D eigenvalue weighted by atomic mass is 16.1. The topological polar surface area (TPSA) is 44.4 Å². The fourth-order valence-electron chi connectivity index (χ4n) is 2.54. The molecule has 4 nitrogen and oxygen atoms in total. The lowest BCUT2D eigenvalue weighted by Crippen LogP contribution is -2.39. The number of rotatable bonds is 7. The molecule has 0 saturated carbocycles. The number of benzene rings is 1. The highest BCUT2D eigenvalue weighted by Crippen LogP contribution is 2.23. The predicted octanol–water partition coefficient (Wildman–Crippen LogP) is 1.77. The fraction of sp³-hybridized carbons (Fsp3) is 0.562. The number of fused-ring (bicyclic) bond motifs is 1. The quantitative estimate of drug-likeness (QED) is 0.744. The lowest BCUT2D eigenvalue weighted by atomic mass is 9.99. The molecule has 1 aliphatic heterocycles. The van der Waals surface area contributed by atoms with Crippen LogP contribution in [-0.4, -0.2) is 50.5 Å². The van der Waals surface area contributed by atoms with Gasteiger partial charge < -0.3 is 15.5 Å². The molecule has 0 saturated heterocycles. The maximum Gasteiger partial charge on any atom is 0.179 e. The van der Waals surface area contributed by atoms with Crippen LogP contribution in [0.15, 0.2) is 18.2 Å². The third-order valence-corrected chi connectivity index (χ3v) is 3.77. The van der Waals surface area contributed by atoms with Crippen LogP contribution in [0.2, 0.25) is 0 Å². The molecule has 1 aliphatic rings. The van der Waals surface area contributed by atoms with Crippen molar-refractivity contribution in [1.82, 2.24) is 10.2 Å². The largest absolute Gasteiger partial charge is 0.384 e. The first kappa shape index (κ1) is 15.0. The number of ketones is 1. The first-order valence-electron chi connectivity index (χ1n) is 7.41. The van der Waals surface area contributed by atoms with Gasteiger partial charge in [-0.1, -0.05) is 6.92 Å². The van der Waals surface area contributed by atoms with Crippen molar-refractivity contribution in [3.8, 4) is 0 Å². The van der Waals surface area contributed by atoms with E-state index in [-0.39, 0.29) is 11.8 Å². The molecule has 0 aliphatic carbocycles. The lowest BCUT2D eigenvalue weighted by molar-refractivity contribution is 0.0939. The molecule has 1 aromatic rings. The molecule has 110 valence electrons. The third-order valence-electron chi connectivity index (χ3n) is 3.77. The summed E-state index contributed by atoms with van der Waals surface area (Å²) in [5, 5.41) is 6.68. The zero-order valence-electron chi connectivity index (χ0n) is 12.7. The van der Waals surface area contributed by atoms with Crippen molar-refractivity contribution < 1.29 is 4.79 Å². The van der Waals surface area contributed by atoms with Gasteiger partial charge in [-0.25, -0.2) is 0 Å². The van der Waals surface area contributed by atoms with Crippen LogP contribution in [0.5, 0.6) is 0 Å². The van der Waals surface area contributed by atoms with E-state index >= 15 is 0 Å². The van der Waals surface area contributed by atoms with Crippen molar-refractivity contribution in [3.63, 3.8) is 0 Å². The van der Waals surface area contributed by atoms with E-state index in [9.17, 15) is 4.79 Å². The second kappa shape index (κ2) is 6.86. The Kier molecular flexibility index (Phi) is 5.15. The van der Waals surface area contributed by atoms with Gasteiger partial charge in [0, 0.05) is 30.9 Å². The molecule has 1 heterocycles. The van der Waals surface area contributed by atoms with Gasteiger partial charge in [-0.05, 0) is 50.7 Å². The summed E-state index contributed by atoms with van der Waals surface area (Å²) in [5.74, 6) is 0.209. The van der Waals surface area contributed by atoms with Crippen LogP contribution in [0.3, 0.4) is 0 Å². The summed E-state index contributed by atoms with van der Waals surface area (Å²) in [5.41, 5.74) is 3.27. The zero-order chi connectivity index (χ0) is 14.5. The number of nitrogens with one attached hydrogen (secondary N) is 2. The van der Waals surface area contributed by atoms with E-state index in [4.69, 9.17) is 0 Å². The molecule has 1 atom stereocenters. The molecule has 4 heteroatoms. The monoisotopic (exact) mass is 275 g/mol. The van der Waals surface area contributed by atoms with Crippen LogP contribution >= 0.6 is 0 Å². The van der Waals surface area contributed by atoms with E-state index in [1.165, 1.54) is 11.3 Å². The van der Waals surface area contributed by atoms with Gasteiger partial charge in [0.1, 0.15) is 0 Å². The van der Waals surface area contributed by atoms with Crippen molar-refractivity contribution in [3.05, 3.63) is 29.3 Å². The normalized spacial score (nSPS) is 15.0. The Morgan fingerprint density at radius 1 is 1.45 bits per heavy atom. The van der Waals surface area contributed by atoms with Gasteiger partial charge in [0.25, 0.3) is 0 Å². The van der Waals surface area contributed by atoms with Gasteiger partial charge in [0.05, 0.1) is 6.04 Å². The van der Waals surface area contributed by atoms with E-state index in [0.29, 0.717) is 0 Å². The zero-order valence-corrected chi connectivity index (χ0v) is 12.7. The maximum absolute atomic E-state index is 12.6. The highest BCUT2D eigenvalue weighted by Gasteiger charge is 2.19.